The molecule has 2 aromatic carbocycles. The number of methoxy groups -OCH3 is 1. The number of nitrogens with zero attached hydrogens (tertiary/aromatic N) is 2. The molecule has 0 bridgehead atoms. The van der Waals surface area contributed by atoms with Crippen LogP contribution in [0.2, 0.25) is 0 Å². The van der Waals surface area contributed by atoms with E-state index in [-0.39, 0.29) is 26.0 Å². The fourth-order valence-corrected chi connectivity index (χ4v) is 5.19. The predicted octanol–water partition coefficient (Wildman–Crippen LogP) is 3.61. The fourth-order valence-electron chi connectivity index (χ4n) is 5.19. The van der Waals surface area contributed by atoms with E-state index < -0.39 is 40.4 Å². The molecule has 2 heterocycles. The van der Waals surface area contributed by atoms with Gasteiger partial charge in [-0.25, -0.2) is 18.7 Å². The lowest BCUT2D eigenvalue weighted by Crippen LogP contribution is -2.48. The lowest BCUT2D eigenvalue weighted by molar-refractivity contribution is -0.143. The highest BCUT2D eigenvalue weighted by molar-refractivity contribution is 5.85. The fraction of sp³-hybridized carbons (Fsp3) is 0.379. The van der Waals surface area contributed by atoms with E-state index in [0.717, 1.165) is 0 Å². The highest BCUT2D eigenvalue weighted by Gasteiger charge is 2.41. The van der Waals surface area contributed by atoms with E-state index in [2.05, 4.69) is 16.8 Å². The molecule has 8 nitrogen and oxygen atoms in total. The Morgan fingerprint density at radius 2 is 1.90 bits per heavy atom. The molecule has 0 spiro atoms. The second kappa shape index (κ2) is 12.7. The molecule has 1 saturated heterocycles. The van der Waals surface area contributed by atoms with Crippen LogP contribution in [0, 0.1) is 34.7 Å². The Kier molecular flexibility index (Phi) is 9.27. The summed E-state index contributed by atoms with van der Waals surface area (Å²) >= 11 is 0. The number of hydrogen-bond donors (Lipinski definition) is 4. The number of amides is 1. The van der Waals surface area contributed by atoms with Crippen molar-refractivity contribution in [2.45, 2.75) is 38.4 Å². The second-order valence-electron chi connectivity index (χ2n) is 9.84. The Morgan fingerprint density at radius 3 is 2.52 bits per heavy atom. The van der Waals surface area contributed by atoms with Crippen molar-refractivity contribution in [2.24, 2.45) is 5.41 Å². The van der Waals surface area contributed by atoms with Crippen molar-refractivity contribution in [3.8, 4) is 17.6 Å². The number of pyridine rings is 1. The minimum atomic E-state index is -1.08. The van der Waals surface area contributed by atoms with E-state index in [9.17, 15) is 33.4 Å². The normalized spacial score (nSPS) is 15.8. The van der Waals surface area contributed by atoms with Crippen LogP contribution in [0.15, 0.2) is 36.5 Å². The number of aliphatic hydroxyl groups is 2. The number of nitrogens with one attached hydrogen (secondary N) is 1. The molecule has 0 unspecified atom stereocenters. The molecule has 1 aliphatic heterocycles. The van der Waals surface area contributed by atoms with E-state index in [4.69, 9.17) is 4.74 Å². The summed E-state index contributed by atoms with van der Waals surface area (Å²) in [6.07, 6.45) is 1.56. The van der Waals surface area contributed by atoms with Crippen molar-refractivity contribution in [1.82, 2.24) is 15.4 Å². The van der Waals surface area contributed by atoms with Crippen molar-refractivity contribution in [1.29, 1.82) is 0 Å². The molecule has 0 saturated carbocycles. The summed E-state index contributed by atoms with van der Waals surface area (Å²) in [5, 5.41) is 31.2. The highest BCUT2D eigenvalue weighted by atomic mass is 19.1. The van der Waals surface area contributed by atoms with Crippen molar-refractivity contribution in [3.63, 3.8) is 0 Å². The first kappa shape index (κ1) is 29.3. The van der Waals surface area contributed by atoms with Crippen molar-refractivity contribution >= 4 is 16.8 Å². The van der Waals surface area contributed by atoms with Crippen LogP contribution in [-0.4, -0.2) is 58.0 Å². The molecule has 40 heavy (non-hydrogen) atoms. The number of carbonyl (C=O) groups is 1. The summed E-state index contributed by atoms with van der Waals surface area (Å²) in [7, 11) is 1.52. The number of ether oxygens (including phenoxy) is 1. The van der Waals surface area contributed by atoms with E-state index in [1.165, 1.54) is 13.3 Å². The first-order valence-electron chi connectivity index (χ1n) is 12.8. The largest absolute Gasteiger partial charge is 0.497 e. The molecule has 1 amide bonds. The van der Waals surface area contributed by atoms with Crippen LogP contribution >= 0.6 is 0 Å². The first-order chi connectivity index (χ1) is 19.2. The van der Waals surface area contributed by atoms with Gasteiger partial charge in [-0.15, -0.1) is 0 Å². The number of hydroxylamine groups is 1. The maximum absolute atomic E-state index is 13.8. The number of likely N-dealkylation sites (tertiary alicyclic amines) is 1. The van der Waals surface area contributed by atoms with Crippen molar-refractivity contribution in [3.05, 3.63) is 70.7 Å². The molecule has 0 radical (unpaired) electrons. The summed E-state index contributed by atoms with van der Waals surface area (Å²) in [5.74, 6) is 1.92. The van der Waals surface area contributed by atoms with E-state index in [0.29, 0.717) is 65.8 Å². The van der Waals surface area contributed by atoms with E-state index >= 15 is 0 Å². The summed E-state index contributed by atoms with van der Waals surface area (Å²) in [6.45, 7) is 0.643. The molecule has 0 aliphatic carbocycles. The van der Waals surface area contributed by atoms with Gasteiger partial charge in [-0.1, -0.05) is 11.8 Å². The molecular formula is C29H30F3N3O5. The Labute approximate surface area is 229 Å². The minimum absolute atomic E-state index is 0.166. The van der Waals surface area contributed by atoms with Crippen LogP contribution in [0.25, 0.3) is 10.9 Å². The maximum Gasteiger partial charge on any atom is 0.249 e. The molecular weight excluding hydrogens is 527 g/mol. The monoisotopic (exact) mass is 557 g/mol. The summed E-state index contributed by atoms with van der Waals surface area (Å²) in [6, 6.07) is 6.37. The van der Waals surface area contributed by atoms with Gasteiger partial charge in [0.05, 0.1) is 42.9 Å². The smallest absolute Gasteiger partial charge is 0.249 e. The van der Waals surface area contributed by atoms with Gasteiger partial charge in [0.25, 0.3) is 0 Å². The van der Waals surface area contributed by atoms with Crippen molar-refractivity contribution in [2.75, 3.05) is 26.7 Å². The van der Waals surface area contributed by atoms with Crippen LogP contribution in [0.5, 0.6) is 5.75 Å². The van der Waals surface area contributed by atoms with Gasteiger partial charge < -0.3 is 14.9 Å². The first-order valence-corrected chi connectivity index (χ1v) is 12.8. The minimum Gasteiger partial charge on any atom is -0.497 e. The number of halogens is 3. The Morgan fingerprint density at radius 1 is 1.20 bits per heavy atom. The Balaban J connectivity index is 1.47. The Hall–Kier alpha value is -3.69. The lowest BCUT2D eigenvalue weighted by Gasteiger charge is -2.40. The van der Waals surface area contributed by atoms with Crippen LogP contribution < -0.4 is 10.2 Å². The van der Waals surface area contributed by atoms with E-state index in [1.54, 1.807) is 23.7 Å². The van der Waals surface area contributed by atoms with E-state index in [1.807, 2.05) is 4.90 Å². The standard InChI is InChI=1S/C29H30F3N3O5/c1-40-20-4-5-25-22(15-20)27(18(17-36)16-33-25)26(37)6-7-29(28(38)34-39)8-11-35(12-9-29)10-2-3-21-23(31)13-19(30)14-24(21)32/h4-5,13-16,26,36-37,39H,6-12,17H2,1H3,(H,34,38)/t26-/m1/s1. The molecule has 212 valence electrons. The maximum atomic E-state index is 13.8. The van der Waals surface area contributed by atoms with Crippen LogP contribution in [-0.2, 0) is 11.4 Å². The molecule has 1 aliphatic rings. The summed E-state index contributed by atoms with van der Waals surface area (Å²) < 4.78 is 46.1. The molecule has 4 rings (SSSR count). The SMILES string of the molecule is COc1ccc2ncc(CO)c([C@H](O)CCC3(C(=O)NO)CCN(CC#Cc4c(F)cc(F)cc4F)CC3)c2c1. The highest BCUT2D eigenvalue weighted by Crippen LogP contribution is 2.40. The number of fused-ring (bicyclic) bond motifs is 1. The third kappa shape index (κ3) is 6.21. The third-order valence-corrected chi connectivity index (χ3v) is 7.52. The number of piperidine rings is 1. The number of carbonyl (C=O) groups excluding carboxylic acids is 1. The van der Waals surface area contributed by atoms with Gasteiger partial charge >= 0.3 is 0 Å². The summed E-state index contributed by atoms with van der Waals surface area (Å²) in [5.41, 5.74) is 1.84. The number of aliphatic hydroxyl groups excluding tert-OH is 2. The number of rotatable bonds is 8. The van der Waals surface area contributed by atoms with Gasteiger partial charge in [-0.2, -0.15) is 0 Å². The van der Waals surface area contributed by atoms with Gasteiger partial charge in [0.1, 0.15) is 23.2 Å². The lowest BCUT2D eigenvalue weighted by atomic mass is 9.73. The van der Waals surface area contributed by atoms with Crippen LogP contribution in [0.1, 0.15) is 48.5 Å². The van der Waals surface area contributed by atoms with Gasteiger partial charge in [-0.3, -0.25) is 19.9 Å². The third-order valence-electron chi connectivity index (χ3n) is 7.52. The molecule has 1 atom stereocenters. The summed E-state index contributed by atoms with van der Waals surface area (Å²) in [4.78, 5) is 19.0. The second-order valence-corrected chi connectivity index (χ2v) is 9.84. The number of benzene rings is 2. The van der Waals surface area contributed by atoms with Crippen LogP contribution in [0.4, 0.5) is 13.2 Å². The van der Waals surface area contributed by atoms with Gasteiger partial charge in [0, 0.05) is 42.4 Å². The van der Waals surface area contributed by atoms with Gasteiger partial charge in [0.2, 0.25) is 5.91 Å². The molecule has 3 aromatic rings. The zero-order chi connectivity index (χ0) is 28.9. The Bertz CT molecular complexity index is 1420. The molecule has 1 fully saturated rings. The average molecular weight is 558 g/mol. The number of hydrogen-bond acceptors (Lipinski definition) is 7. The zero-order valence-electron chi connectivity index (χ0n) is 21.9. The molecule has 11 heteroatoms. The number of aromatic nitrogens is 1. The predicted molar refractivity (Wildman–Crippen MR) is 140 cm³/mol. The zero-order valence-corrected chi connectivity index (χ0v) is 21.9. The topological polar surface area (TPSA) is 115 Å². The van der Waals surface area contributed by atoms with Crippen molar-refractivity contribution < 1.29 is 38.1 Å². The molecule has 1 aromatic heterocycles. The quantitative estimate of drug-likeness (QED) is 0.190. The average Bonchev–Trinajstić information content (AvgIpc) is 2.96. The van der Waals surface area contributed by atoms with Gasteiger partial charge in [0.15, 0.2) is 0 Å². The molecule has 4 N–H and O–H groups in total. The van der Waals surface area contributed by atoms with Gasteiger partial charge in [-0.05, 0) is 49.4 Å². The van der Waals surface area contributed by atoms with Crippen LogP contribution in [0.3, 0.4) is 0 Å².